The molecule has 0 atom stereocenters. The number of ether oxygens (including phenoxy) is 1. The molecule has 0 unspecified atom stereocenters. The molecule has 0 aliphatic rings. The van der Waals surface area contributed by atoms with Crippen molar-refractivity contribution in [1.82, 2.24) is 5.43 Å². The number of aryl methyl sites for hydroxylation is 1. The van der Waals surface area contributed by atoms with E-state index in [1.165, 1.54) is 17.3 Å². The molecular weight excluding hydrogens is 320 g/mol. The molecule has 0 aromatic heterocycles. The zero-order chi connectivity index (χ0) is 17.2. The van der Waals surface area contributed by atoms with Crippen LogP contribution in [0, 0.1) is 6.92 Å². The summed E-state index contributed by atoms with van der Waals surface area (Å²) in [5.74, 6) is 0.961. The Morgan fingerprint density at radius 2 is 1.92 bits per heavy atom. The molecule has 24 heavy (non-hydrogen) atoms. The van der Waals surface area contributed by atoms with Gasteiger partial charge in [-0.15, -0.1) is 11.8 Å². The van der Waals surface area contributed by atoms with E-state index in [0.717, 1.165) is 16.2 Å². The number of carbonyl (C=O) groups excluding carboxylic acids is 1. The lowest BCUT2D eigenvalue weighted by Gasteiger charge is -2.03. The standard InChI is InChI=1S/C19H20N2O2S/c1-3-12-23-17-8-6-16(7-9-17)13-20-21-19(22)14-24-18-10-4-15(2)5-11-18/h3-11,13H,1,12,14H2,2H3,(H,21,22)/b20-13-. The van der Waals surface area contributed by atoms with E-state index in [-0.39, 0.29) is 5.91 Å². The van der Waals surface area contributed by atoms with Crippen LogP contribution in [0.2, 0.25) is 0 Å². The molecule has 0 radical (unpaired) electrons. The van der Waals surface area contributed by atoms with Crippen molar-refractivity contribution in [2.75, 3.05) is 12.4 Å². The van der Waals surface area contributed by atoms with Gasteiger partial charge in [-0.05, 0) is 48.9 Å². The molecule has 5 heteroatoms. The number of carbonyl (C=O) groups is 1. The number of nitrogens with one attached hydrogen (secondary N) is 1. The quantitative estimate of drug-likeness (QED) is 0.344. The zero-order valence-electron chi connectivity index (χ0n) is 13.6. The molecule has 124 valence electrons. The van der Waals surface area contributed by atoms with Gasteiger partial charge in [-0.25, -0.2) is 5.43 Å². The highest BCUT2D eigenvalue weighted by atomic mass is 32.2. The number of thioether (sulfide) groups is 1. The number of hydrogen-bond acceptors (Lipinski definition) is 4. The van der Waals surface area contributed by atoms with E-state index in [2.05, 4.69) is 17.1 Å². The third-order valence-electron chi connectivity index (χ3n) is 3.04. The van der Waals surface area contributed by atoms with Crippen LogP contribution in [0.25, 0.3) is 0 Å². The molecule has 0 saturated heterocycles. The first-order valence-corrected chi connectivity index (χ1v) is 8.51. The van der Waals surface area contributed by atoms with Gasteiger partial charge in [-0.3, -0.25) is 4.79 Å². The Balaban J connectivity index is 1.75. The predicted molar refractivity (Wildman–Crippen MR) is 99.8 cm³/mol. The Hall–Kier alpha value is -2.53. The number of amides is 1. The molecule has 0 bridgehead atoms. The van der Waals surface area contributed by atoms with Crippen LogP contribution in [0.15, 0.2) is 71.2 Å². The van der Waals surface area contributed by atoms with Crippen LogP contribution in [-0.4, -0.2) is 24.5 Å². The minimum Gasteiger partial charge on any atom is -0.490 e. The van der Waals surface area contributed by atoms with Gasteiger partial charge >= 0.3 is 0 Å². The first kappa shape index (κ1) is 17.8. The first-order valence-electron chi connectivity index (χ1n) is 7.52. The van der Waals surface area contributed by atoms with Gasteiger partial charge in [0.2, 0.25) is 5.91 Å². The van der Waals surface area contributed by atoms with Crippen molar-refractivity contribution in [3.8, 4) is 5.75 Å². The number of benzene rings is 2. The monoisotopic (exact) mass is 340 g/mol. The van der Waals surface area contributed by atoms with Gasteiger partial charge in [0.25, 0.3) is 0 Å². The fraction of sp³-hybridized carbons (Fsp3) is 0.158. The van der Waals surface area contributed by atoms with Crippen LogP contribution in [0.4, 0.5) is 0 Å². The summed E-state index contributed by atoms with van der Waals surface area (Å²) in [7, 11) is 0. The smallest absolute Gasteiger partial charge is 0.250 e. The first-order chi connectivity index (χ1) is 11.7. The average molecular weight is 340 g/mol. The molecule has 2 aromatic carbocycles. The topological polar surface area (TPSA) is 50.7 Å². The second-order valence-corrected chi connectivity index (χ2v) is 6.11. The van der Waals surface area contributed by atoms with Crippen LogP contribution < -0.4 is 10.2 Å². The van der Waals surface area contributed by atoms with E-state index in [1.54, 1.807) is 12.3 Å². The van der Waals surface area contributed by atoms with Gasteiger partial charge in [-0.2, -0.15) is 5.10 Å². The maximum atomic E-state index is 11.8. The number of hydrogen-bond donors (Lipinski definition) is 1. The van der Waals surface area contributed by atoms with Gasteiger partial charge in [0.05, 0.1) is 12.0 Å². The average Bonchev–Trinajstić information content (AvgIpc) is 2.60. The second-order valence-electron chi connectivity index (χ2n) is 5.06. The van der Waals surface area contributed by atoms with E-state index in [9.17, 15) is 4.79 Å². The van der Waals surface area contributed by atoms with Crippen molar-refractivity contribution in [2.24, 2.45) is 5.10 Å². The van der Waals surface area contributed by atoms with Crippen LogP contribution in [0.3, 0.4) is 0 Å². The zero-order valence-corrected chi connectivity index (χ0v) is 14.4. The molecule has 2 rings (SSSR count). The molecule has 0 aliphatic carbocycles. The second kappa shape index (κ2) is 9.57. The van der Waals surface area contributed by atoms with Crippen LogP contribution in [0.5, 0.6) is 5.75 Å². The third kappa shape index (κ3) is 6.30. The summed E-state index contributed by atoms with van der Waals surface area (Å²) in [4.78, 5) is 12.8. The van der Waals surface area contributed by atoms with E-state index in [1.807, 2.05) is 55.5 Å². The van der Waals surface area contributed by atoms with E-state index in [4.69, 9.17) is 4.74 Å². The Labute approximate surface area is 146 Å². The van der Waals surface area contributed by atoms with Gasteiger partial charge in [-0.1, -0.05) is 30.4 Å². The highest BCUT2D eigenvalue weighted by molar-refractivity contribution is 8.00. The fourth-order valence-corrected chi connectivity index (χ4v) is 2.49. The maximum absolute atomic E-state index is 11.8. The third-order valence-corrected chi connectivity index (χ3v) is 4.05. The Kier molecular flexibility index (Phi) is 7.11. The SMILES string of the molecule is C=CCOc1ccc(/C=N\NC(=O)CSc2ccc(C)cc2)cc1. The van der Waals surface area contributed by atoms with Crippen molar-refractivity contribution in [2.45, 2.75) is 11.8 Å². The fourth-order valence-electron chi connectivity index (χ4n) is 1.80. The largest absolute Gasteiger partial charge is 0.490 e. The van der Waals surface area contributed by atoms with Crippen molar-refractivity contribution in [3.63, 3.8) is 0 Å². The van der Waals surface area contributed by atoms with Crippen LogP contribution >= 0.6 is 11.8 Å². The highest BCUT2D eigenvalue weighted by Gasteiger charge is 2.01. The van der Waals surface area contributed by atoms with Crippen LogP contribution in [0.1, 0.15) is 11.1 Å². The van der Waals surface area contributed by atoms with E-state index < -0.39 is 0 Å². The van der Waals surface area contributed by atoms with Gasteiger partial charge in [0, 0.05) is 4.90 Å². The van der Waals surface area contributed by atoms with Crippen molar-refractivity contribution < 1.29 is 9.53 Å². The molecule has 0 spiro atoms. The Bertz CT molecular complexity index is 694. The lowest BCUT2D eigenvalue weighted by atomic mass is 10.2. The Morgan fingerprint density at radius 3 is 2.58 bits per heavy atom. The summed E-state index contributed by atoms with van der Waals surface area (Å²) in [5.41, 5.74) is 4.61. The minimum absolute atomic E-state index is 0.136. The Morgan fingerprint density at radius 1 is 1.21 bits per heavy atom. The molecule has 0 saturated carbocycles. The van der Waals surface area contributed by atoms with E-state index >= 15 is 0 Å². The normalized spacial score (nSPS) is 10.5. The molecule has 2 aromatic rings. The number of hydrazone groups is 1. The van der Waals surface area contributed by atoms with Crippen LogP contribution in [-0.2, 0) is 4.79 Å². The minimum atomic E-state index is -0.136. The lowest BCUT2D eigenvalue weighted by Crippen LogP contribution is -2.19. The van der Waals surface area contributed by atoms with E-state index in [0.29, 0.717) is 12.4 Å². The van der Waals surface area contributed by atoms with Crippen molar-refractivity contribution >= 4 is 23.9 Å². The van der Waals surface area contributed by atoms with Crippen molar-refractivity contribution in [3.05, 3.63) is 72.3 Å². The number of nitrogens with zero attached hydrogens (tertiary/aromatic N) is 1. The molecule has 4 nitrogen and oxygen atoms in total. The lowest BCUT2D eigenvalue weighted by molar-refractivity contribution is -0.118. The van der Waals surface area contributed by atoms with Gasteiger partial charge in [0.15, 0.2) is 0 Å². The predicted octanol–water partition coefficient (Wildman–Crippen LogP) is 3.80. The summed E-state index contributed by atoms with van der Waals surface area (Å²) < 4.78 is 5.40. The highest BCUT2D eigenvalue weighted by Crippen LogP contribution is 2.17. The molecule has 0 heterocycles. The summed E-state index contributed by atoms with van der Waals surface area (Å²) in [5, 5.41) is 3.96. The molecule has 0 aliphatic heterocycles. The number of rotatable bonds is 8. The van der Waals surface area contributed by atoms with Crippen molar-refractivity contribution in [1.29, 1.82) is 0 Å². The molecule has 0 fully saturated rings. The summed E-state index contributed by atoms with van der Waals surface area (Å²) in [6.45, 7) is 6.11. The molecular formula is C19H20N2O2S. The van der Waals surface area contributed by atoms with Gasteiger partial charge in [0.1, 0.15) is 12.4 Å². The maximum Gasteiger partial charge on any atom is 0.250 e. The summed E-state index contributed by atoms with van der Waals surface area (Å²) >= 11 is 1.48. The van der Waals surface area contributed by atoms with Gasteiger partial charge < -0.3 is 4.74 Å². The summed E-state index contributed by atoms with van der Waals surface area (Å²) in [6.07, 6.45) is 3.30. The molecule has 1 N–H and O–H groups in total. The summed E-state index contributed by atoms with van der Waals surface area (Å²) in [6, 6.07) is 15.5. The molecule has 1 amide bonds.